The summed E-state index contributed by atoms with van der Waals surface area (Å²) in [6.45, 7) is 3.58. The van der Waals surface area contributed by atoms with Gasteiger partial charge in [-0.1, -0.05) is 19.1 Å². The molecule has 0 fully saturated rings. The third kappa shape index (κ3) is 3.65. The van der Waals surface area contributed by atoms with Crippen LogP contribution in [0.1, 0.15) is 13.8 Å². The van der Waals surface area contributed by atoms with Crippen LogP contribution < -0.4 is 0 Å². The molecule has 0 aliphatic rings. The number of rotatable bonds is 3. The predicted octanol–water partition coefficient (Wildman–Crippen LogP) is 2.94. The second-order valence-electron chi connectivity index (χ2n) is 2.56. The zero-order valence-corrected chi connectivity index (χ0v) is 8.15. The molecular formula is C8H11Cl2N. The maximum Gasteiger partial charge on any atom is 0.134 e. The van der Waals surface area contributed by atoms with Gasteiger partial charge in [-0.2, -0.15) is 5.26 Å². The normalized spacial score (nSPS) is 19.2. The summed E-state index contributed by atoms with van der Waals surface area (Å²) in [6, 6.07) is 2.02. The molecule has 0 N–H and O–H groups in total. The summed E-state index contributed by atoms with van der Waals surface area (Å²) in [7, 11) is 0. The van der Waals surface area contributed by atoms with Crippen molar-refractivity contribution in [1.82, 2.24) is 0 Å². The lowest BCUT2D eigenvalue weighted by Crippen LogP contribution is -2.22. The van der Waals surface area contributed by atoms with E-state index in [0.29, 0.717) is 5.88 Å². The van der Waals surface area contributed by atoms with E-state index in [1.807, 2.05) is 19.1 Å². The number of hydrogen-bond acceptors (Lipinski definition) is 1. The van der Waals surface area contributed by atoms with Gasteiger partial charge in [0.2, 0.25) is 0 Å². The van der Waals surface area contributed by atoms with E-state index in [1.165, 1.54) is 0 Å². The van der Waals surface area contributed by atoms with E-state index in [4.69, 9.17) is 28.5 Å². The fourth-order valence-corrected chi connectivity index (χ4v) is 0.714. The Morgan fingerprint density at radius 2 is 2.27 bits per heavy atom. The lowest BCUT2D eigenvalue weighted by molar-refractivity contribution is 0.606. The van der Waals surface area contributed by atoms with Gasteiger partial charge in [-0.25, -0.2) is 0 Å². The van der Waals surface area contributed by atoms with Gasteiger partial charge in [0.1, 0.15) is 4.87 Å². The highest BCUT2D eigenvalue weighted by molar-refractivity contribution is 6.25. The lowest BCUT2D eigenvalue weighted by atomic mass is 9.96. The first kappa shape index (κ1) is 10.8. The van der Waals surface area contributed by atoms with Gasteiger partial charge in [-0.15, -0.1) is 23.2 Å². The third-order valence-corrected chi connectivity index (χ3v) is 2.19. The van der Waals surface area contributed by atoms with Crippen molar-refractivity contribution in [3.63, 3.8) is 0 Å². The Morgan fingerprint density at radius 1 is 1.73 bits per heavy atom. The molecule has 0 aromatic rings. The summed E-state index contributed by atoms with van der Waals surface area (Å²) in [5.41, 5.74) is 0. The van der Waals surface area contributed by atoms with Crippen LogP contribution >= 0.6 is 23.2 Å². The fraction of sp³-hybridized carbons (Fsp3) is 0.625. The summed E-state index contributed by atoms with van der Waals surface area (Å²) in [5, 5.41) is 8.61. The van der Waals surface area contributed by atoms with Crippen LogP contribution in [0.5, 0.6) is 0 Å². The minimum Gasteiger partial charge on any atom is -0.196 e. The molecule has 0 saturated heterocycles. The van der Waals surface area contributed by atoms with Crippen LogP contribution in [0.25, 0.3) is 0 Å². The van der Waals surface area contributed by atoms with Gasteiger partial charge in [0.15, 0.2) is 0 Å². The molecule has 1 nitrogen and oxygen atoms in total. The number of halogens is 2. The predicted molar refractivity (Wildman–Crippen MR) is 48.9 cm³/mol. The third-order valence-electron chi connectivity index (χ3n) is 1.59. The molecule has 0 aromatic carbocycles. The molecule has 3 heteroatoms. The molecule has 0 aliphatic heterocycles. The maximum absolute atomic E-state index is 8.61. The van der Waals surface area contributed by atoms with Gasteiger partial charge in [-0.3, -0.25) is 0 Å². The first-order valence-corrected chi connectivity index (χ1v) is 4.28. The standard InChI is InChI=1S/C8H11Cl2N/c1-7(4-3-5-9)8(2,10)6-11/h3-4,7H,5H2,1-2H3/b4-3+. The molecule has 0 amide bonds. The van der Waals surface area contributed by atoms with Gasteiger partial charge in [0.25, 0.3) is 0 Å². The van der Waals surface area contributed by atoms with Crippen molar-refractivity contribution in [2.75, 3.05) is 5.88 Å². The van der Waals surface area contributed by atoms with Crippen molar-refractivity contribution >= 4 is 23.2 Å². The fourth-order valence-electron chi connectivity index (χ4n) is 0.538. The molecule has 2 atom stereocenters. The molecule has 0 heterocycles. The average Bonchev–Trinajstić information content (AvgIpc) is 2.00. The van der Waals surface area contributed by atoms with Gasteiger partial charge >= 0.3 is 0 Å². The van der Waals surface area contributed by atoms with Crippen LogP contribution in [0, 0.1) is 17.2 Å². The number of hydrogen-bond donors (Lipinski definition) is 0. The topological polar surface area (TPSA) is 23.8 Å². The van der Waals surface area contributed by atoms with E-state index in [-0.39, 0.29) is 5.92 Å². The SMILES string of the molecule is CC(/C=C/CCl)C(C)(Cl)C#N. The Kier molecular flexibility index (Phi) is 4.56. The summed E-state index contributed by atoms with van der Waals surface area (Å²) >= 11 is 11.3. The Hall–Kier alpha value is -0.190. The van der Waals surface area contributed by atoms with E-state index in [2.05, 4.69) is 0 Å². The zero-order valence-electron chi connectivity index (χ0n) is 6.64. The molecule has 0 aromatic heterocycles. The van der Waals surface area contributed by atoms with E-state index < -0.39 is 4.87 Å². The van der Waals surface area contributed by atoms with Crippen molar-refractivity contribution in [3.8, 4) is 6.07 Å². The Bertz CT molecular complexity index is 179. The van der Waals surface area contributed by atoms with Crippen LogP contribution in [0.15, 0.2) is 12.2 Å². The van der Waals surface area contributed by atoms with Crippen molar-refractivity contribution < 1.29 is 0 Å². The second-order valence-corrected chi connectivity index (χ2v) is 3.65. The van der Waals surface area contributed by atoms with Gasteiger partial charge < -0.3 is 0 Å². The highest BCUT2D eigenvalue weighted by Gasteiger charge is 2.25. The molecule has 0 bridgehead atoms. The number of allylic oxidation sites excluding steroid dienone is 2. The van der Waals surface area contributed by atoms with E-state index in [1.54, 1.807) is 13.0 Å². The van der Waals surface area contributed by atoms with Crippen LogP contribution in [0.2, 0.25) is 0 Å². The molecule has 0 saturated carbocycles. The molecule has 11 heavy (non-hydrogen) atoms. The lowest BCUT2D eigenvalue weighted by Gasteiger charge is -2.17. The summed E-state index contributed by atoms with van der Waals surface area (Å²) in [4.78, 5) is -0.817. The molecule has 62 valence electrons. The summed E-state index contributed by atoms with van der Waals surface area (Å²) in [6.07, 6.45) is 3.65. The maximum atomic E-state index is 8.61. The summed E-state index contributed by atoms with van der Waals surface area (Å²) < 4.78 is 0. The van der Waals surface area contributed by atoms with Crippen LogP contribution in [-0.4, -0.2) is 10.8 Å². The van der Waals surface area contributed by atoms with Crippen LogP contribution in [-0.2, 0) is 0 Å². The first-order valence-electron chi connectivity index (χ1n) is 3.37. The van der Waals surface area contributed by atoms with Gasteiger partial charge in [0, 0.05) is 11.8 Å². The molecule has 2 unspecified atom stereocenters. The number of nitriles is 1. The van der Waals surface area contributed by atoms with Gasteiger partial charge in [0.05, 0.1) is 6.07 Å². The summed E-state index contributed by atoms with van der Waals surface area (Å²) in [5.74, 6) is 0.482. The molecule has 0 aliphatic carbocycles. The quantitative estimate of drug-likeness (QED) is 0.498. The second kappa shape index (κ2) is 4.64. The Morgan fingerprint density at radius 3 is 2.64 bits per heavy atom. The first-order chi connectivity index (χ1) is 5.04. The average molecular weight is 192 g/mol. The van der Waals surface area contributed by atoms with Crippen LogP contribution in [0.4, 0.5) is 0 Å². The monoisotopic (exact) mass is 191 g/mol. The number of alkyl halides is 2. The van der Waals surface area contributed by atoms with Gasteiger partial charge in [-0.05, 0) is 6.92 Å². The highest BCUT2D eigenvalue weighted by Crippen LogP contribution is 2.24. The molecule has 0 rings (SSSR count). The van der Waals surface area contributed by atoms with E-state index in [0.717, 1.165) is 0 Å². The van der Waals surface area contributed by atoms with E-state index in [9.17, 15) is 0 Å². The smallest absolute Gasteiger partial charge is 0.134 e. The molecule has 0 radical (unpaired) electrons. The van der Waals surface area contributed by atoms with Crippen LogP contribution in [0.3, 0.4) is 0 Å². The molecule has 0 spiro atoms. The zero-order chi connectivity index (χ0) is 8.91. The highest BCUT2D eigenvalue weighted by atomic mass is 35.5. The Labute approximate surface area is 77.6 Å². The van der Waals surface area contributed by atoms with Crippen molar-refractivity contribution in [1.29, 1.82) is 5.26 Å². The van der Waals surface area contributed by atoms with Crippen molar-refractivity contribution in [2.24, 2.45) is 5.92 Å². The number of nitrogens with zero attached hydrogens (tertiary/aromatic N) is 1. The Balaban J connectivity index is 4.15. The minimum atomic E-state index is -0.817. The van der Waals surface area contributed by atoms with E-state index >= 15 is 0 Å². The minimum absolute atomic E-state index is 0.0212. The molecular weight excluding hydrogens is 181 g/mol. The van der Waals surface area contributed by atoms with Crippen molar-refractivity contribution in [3.05, 3.63) is 12.2 Å². The largest absolute Gasteiger partial charge is 0.196 e. The van der Waals surface area contributed by atoms with Crippen molar-refractivity contribution in [2.45, 2.75) is 18.7 Å².